The highest BCUT2D eigenvalue weighted by Crippen LogP contribution is 2.21. The van der Waals surface area contributed by atoms with Crippen molar-refractivity contribution < 1.29 is 8.76 Å². The predicted molar refractivity (Wildman–Crippen MR) is 46.8 cm³/mol. The van der Waals surface area contributed by atoms with Gasteiger partial charge < -0.3 is 9.87 Å². The number of rotatable bonds is 1. The smallest absolute Gasteiger partial charge is 0.116 e. The molecule has 0 radical (unpaired) electrons. The van der Waals surface area contributed by atoms with Crippen molar-refractivity contribution in [1.29, 1.82) is 0 Å². The minimum Gasteiger partial charge on any atom is -0.769 e. The van der Waals surface area contributed by atoms with Gasteiger partial charge in [-0.25, -0.2) is 0 Å². The van der Waals surface area contributed by atoms with E-state index in [1.807, 2.05) is 0 Å². The van der Waals surface area contributed by atoms with Crippen molar-refractivity contribution in [3.63, 3.8) is 0 Å². The summed E-state index contributed by atoms with van der Waals surface area (Å²) in [5.41, 5.74) is 0. The first-order valence-corrected chi connectivity index (χ1v) is 4.95. The summed E-state index contributed by atoms with van der Waals surface area (Å²) in [7, 11) is 0. The van der Waals surface area contributed by atoms with Crippen LogP contribution in [0.5, 0.6) is 0 Å². The van der Waals surface area contributed by atoms with Crippen LogP contribution in [0.1, 0.15) is 0 Å². The van der Waals surface area contributed by atoms with Crippen LogP contribution in [0.4, 0.5) is 0 Å². The Morgan fingerprint density at radius 3 is 2.91 bits per heavy atom. The highest BCUT2D eigenvalue weighted by atomic mass is 79.9. The van der Waals surface area contributed by atoms with E-state index in [1.165, 1.54) is 6.08 Å². The molecule has 0 aromatic carbocycles. The molecule has 6 heteroatoms. The first-order valence-electron chi connectivity index (χ1n) is 2.70. The maximum atomic E-state index is 10.4. The number of hydrogen-bond acceptors (Lipinski definition) is 3. The van der Waals surface area contributed by atoms with Crippen LogP contribution in [0.3, 0.4) is 0 Å². The second kappa shape index (κ2) is 3.71. The molecule has 0 aliphatic carbocycles. The SMILES string of the molecule is O=S([O-])C1=CC(Br)=C(Cl)NC1. The van der Waals surface area contributed by atoms with Gasteiger partial charge in [0.25, 0.3) is 0 Å². The maximum absolute atomic E-state index is 10.4. The van der Waals surface area contributed by atoms with Gasteiger partial charge in [-0.3, -0.25) is 4.21 Å². The van der Waals surface area contributed by atoms with E-state index in [0.29, 0.717) is 14.5 Å². The van der Waals surface area contributed by atoms with Crippen LogP contribution in [0.15, 0.2) is 20.6 Å². The first-order chi connectivity index (χ1) is 5.11. The van der Waals surface area contributed by atoms with Gasteiger partial charge in [0.05, 0.1) is 4.48 Å². The topological polar surface area (TPSA) is 52.2 Å². The third-order valence-corrected chi connectivity index (χ3v) is 3.01. The first kappa shape index (κ1) is 9.25. The summed E-state index contributed by atoms with van der Waals surface area (Å²) in [6.45, 7) is 0.254. The van der Waals surface area contributed by atoms with Crippen LogP contribution in [0.25, 0.3) is 0 Å². The van der Waals surface area contributed by atoms with Gasteiger partial charge in [-0.15, -0.1) is 0 Å². The normalized spacial score (nSPS) is 20.8. The zero-order valence-electron chi connectivity index (χ0n) is 5.27. The van der Waals surface area contributed by atoms with Gasteiger partial charge in [-0.05, 0) is 33.1 Å². The molecular formula is C5H4BrClNO2S-. The summed E-state index contributed by atoms with van der Waals surface area (Å²) in [5, 5.41) is 3.13. The van der Waals surface area contributed by atoms with E-state index in [9.17, 15) is 8.76 Å². The molecule has 1 rings (SSSR count). The lowest BCUT2D eigenvalue weighted by Crippen LogP contribution is -2.20. The molecule has 1 aliphatic heterocycles. The minimum absolute atomic E-state index is 0.254. The summed E-state index contributed by atoms with van der Waals surface area (Å²) in [6.07, 6.45) is 1.47. The second-order valence-electron chi connectivity index (χ2n) is 1.86. The lowest BCUT2D eigenvalue weighted by molar-refractivity contribution is 0.542. The van der Waals surface area contributed by atoms with E-state index in [4.69, 9.17) is 11.6 Å². The van der Waals surface area contributed by atoms with Crippen LogP contribution in [0, 0.1) is 0 Å². The number of halogens is 2. The zero-order valence-corrected chi connectivity index (χ0v) is 8.42. The summed E-state index contributed by atoms with van der Waals surface area (Å²) >= 11 is 6.55. The maximum Gasteiger partial charge on any atom is 0.116 e. The van der Waals surface area contributed by atoms with Crippen molar-refractivity contribution in [1.82, 2.24) is 5.32 Å². The molecule has 62 valence electrons. The Morgan fingerprint density at radius 2 is 2.45 bits per heavy atom. The third-order valence-electron chi connectivity index (χ3n) is 1.13. The molecular weight excluding hydrogens is 253 g/mol. The Morgan fingerprint density at radius 1 is 1.82 bits per heavy atom. The summed E-state index contributed by atoms with van der Waals surface area (Å²) in [6, 6.07) is 0. The second-order valence-corrected chi connectivity index (χ2v) is 4.09. The highest BCUT2D eigenvalue weighted by Gasteiger charge is 2.08. The Balaban J connectivity index is 2.89. The molecule has 1 N–H and O–H groups in total. The van der Waals surface area contributed by atoms with Gasteiger partial charge in [0.2, 0.25) is 0 Å². The van der Waals surface area contributed by atoms with Crippen LogP contribution in [-0.2, 0) is 11.1 Å². The summed E-state index contributed by atoms with van der Waals surface area (Å²) in [4.78, 5) is 0.293. The molecule has 0 fully saturated rings. The molecule has 1 atom stereocenters. The fourth-order valence-electron chi connectivity index (χ4n) is 0.612. The molecule has 11 heavy (non-hydrogen) atoms. The zero-order chi connectivity index (χ0) is 8.43. The van der Waals surface area contributed by atoms with Gasteiger partial charge in [0, 0.05) is 11.4 Å². The van der Waals surface area contributed by atoms with Crippen molar-refractivity contribution in [2.24, 2.45) is 0 Å². The molecule has 0 saturated carbocycles. The monoisotopic (exact) mass is 256 g/mol. The van der Waals surface area contributed by atoms with Gasteiger partial charge in [0.1, 0.15) is 5.16 Å². The van der Waals surface area contributed by atoms with Crippen molar-refractivity contribution in [3.05, 3.63) is 20.6 Å². The molecule has 1 unspecified atom stereocenters. The molecule has 1 heterocycles. The lowest BCUT2D eigenvalue weighted by Gasteiger charge is -2.16. The fourth-order valence-corrected chi connectivity index (χ4v) is 1.71. The number of hydrogen-bond donors (Lipinski definition) is 1. The van der Waals surface area contributed by atoms with E-state index in [-0.39, 0.29) is 6.54 Å². The van der Waals surface area contributed by atoms with Crippen molar-refractivity contribution >= 4 is 38.6 Å². The van der Waals surface area contributed by atoms with Crippen molar-refractivity contribution in [2.75, 3.05) is 6.54 Å². The largest absolute Gasteiger partial charge is 0.769 e. The van der Waals surface area contributed by atoms with Crippen LogP contribution < -0.4 is 5.32 Å². The van der Waals surface area contributed by atoms with Crippen LogP contribution >= 0.6 is 27.5 Å². The van der Waals surface area contributed by atoms with Gasteiger partial charge >= 0.3 is 0 Å². The van der Waals surface area contributed by atoms with E-state index in [1.54, 1.807) is 0 Å². The molecule has 1 aliphatic rings. The number of allylic oxidation sites excluding steroid dienone is 2. The molecule has 3 nitrogen and oxygen atoms in total. The van der Waals surface area contributed by atoms with E-state index >= 15 is 0 Å². The standard InChI is InChI=1S/C5H5BrClNO2S/c6-4-1-3(11(9)10)2-8-5(4)7/h1,8H,2H2,(H,9,10)/p-1. The predicted octanol–water partition coefficient (Wildman–Crippen LogP) is 1.16. The third kappa shape index (κ3) is 2.30. The van der Waals surface area contributed by atoms with E-state index in [0.717, 1.165) is 0 Å². The Hall–Kier alpha value is 0.160. The fraction of sp³-hybridized carbons (Fsp3) is 0.200. The van der Waals surface area contributed by atoms with Gasteiger partial charge in [-0.2, -0.15) is 0 Å². The van der Waals surface area contributed by atoms with Crippen molar-refractivity contribution in [2.45, 2.75) is 0 Å². The highest BCUT2D eigenvalue weighted by molar-refractivity contribution is 9.12. The van der Waals surface area contributed by atoms with Crippen molar-refractivity contribution in [3.8, 4) is 0 Å². The van der Waals surface area contributed by atoms with Gasteiger partial charge in [0.15, 0.2) is 0 Å². The van der Waals surface area contributed by atoms with Gasteiger partial charge in [-0.1, -0.05) is 11.6 Å². The summed E-state index contributed by atoms with van der Waals surface area (Å²) in [5.74, 6) is 0. The molecule has 0 saturated heterocycles. The van der Waals surface area contributed by atoms with Crippen LogP contribution in [-0.4, -0.2) is 15.3 Å². The Bertz CT molecular complexity index is 263. The molecule has 0 aromatic rings. The summed E-state index contributed by atoms with van der Waals surface area (Å²) < 4.78 is 21.4. The minimum atomic E-state index is -2.16. The molecule has 0 spiro atoms. The van der Waals surface area contributed by atoms with E-state index < -0.39 is 11.1 Å². The molecule has 0 aromatic heterocycles. The number of dihydropyridines is 1. The molecule has 0 bridgehead atoms. The molecule has 0 amide bonds. The number of nitrogens with one attached hydrogen (secondary N) is 1. The van der Waals surface area contributed by atoms with E-state index in [2.05, 4.69) is 21.2 Å². The quantitative estimate of drug-likeness (QED) is 0.566. The van der Waals surface area contributed by atoms with Crippen LogP contribution in [0.2, 0.25) is 0 Å². The Labute approximate surface area is 79.9 Å². The Kier molecular flexibility index (Phi) is 3.12. The average Bonchev–Trinajstić information content (AvgIpc) is 1.94. The lowest BCUT2D eigenvalue weighted by atomic mass is 10.4. The average molecular weight is 258 g/mol.